The van der Waals surface area contributed by atoms with Crippen LogP contribution in [0.25, 0.3) is 22.0 Å². The van der Waals surface area contributed by atoms with E-state index in [-0.39, 0.29) is 35.0 Å². The Labute approximate surface area is 265 Å². The number of benzene rings is 3. The van der Waals surface area contributed by atoms with Gasteiger partial charge >= 0.3 is 6.18 Å². The normalized spacial score (nSPS) is 13.0. The number of nitrogens with two attached hydrogens (primary N) is 1. The largest absolute Gasteiger partial charge is 0.435 e. The first kappa shape index (κ1) is 33.2. The van der Waals surface area contributed by atoms with Gasteiger partial charge in [0.1, 0.15) is 23.5 Å². The number of halogens is 6. The zero-order valence-corrected chi connectivity index (χ0v) is 25.4. The van der Waals surface area contributed by atoms with Gasteiger partial charge in [-0.3, -0.25) is 19.3 Å². The van der Waals surface area contributed by atoms with Crippen molar-refractivity contribution in [3.05, 3.63) is 118 Å². The second kappa shape index (κ2) is 12.9. The zero-order chi connectivity index (χ0) is 34.2. The van der Waals surface area contributed by atoms with Crippen LogP contribution < -0.4 is 11.1 Å². The van der Waals surface area contributed by atoms with Crippen LogP contribution in [-0.2, 0) is 17.4 Å². The Balaban J connectivity index is 1.62. The molecule has 3 aromatic carbocycles. The number of amides is 2. The Morgan fingerprint density at radius 2 is 1.64 bits per heavy atom. The molecule has 2 atom stereocenters. The molecule has 244 valence electrons. The molecule has 2 aromatic heterocycles. The molecule has 7 nitrogen and oxygen atoms in total. The molecule has 13 heteroatoms. The number of nitrogens with one attached hydrogen (secondary N) is 1. The first-order chi connectivity index (χ1) is 22.2. The third kappa shape index (κ3) is 6.83. The number of fused-ring (bicyclic) bond motifs is 1. The van der Waals surface area contributed by atoms with Gasteiger partial charge in [0.15, 0.2) is 5.69 Å². The molecule has 47 heavy (non-hydrogen) atoms. The van der Waals surface area contributed by atoms with Crippen LogP contribution in [0.4, 0.5) is 26.3 Å². The SMILES string of the molecule is CC[C@@H](C(=O)N[C@@H](Cc1cc(F)cc(F)c1)c1ncccc1-c1ccc(F)c(C(N)=O)c1)n1nc(C(F)(F)F)c2cc(C)c(C)cc21. The molecule has 5 rings (SSSR count). The molecule has 0 saturated carbocycles. The van der Waals surface area contributed by atoms with E-state index in [2.05, 4.69) is 15.4 Å². The summed E-state index contributed by atoms with van der Waals surface area (Å²) in [5, 5.41) is 6.51. The Kier molecular flexibility index (Phi) is 9.10. The Hall–Kier alpha value is -5.20. The van der Waals surface area contributed by atoms with Crippen molar-refractivity contribution >= 4 is 22.7 Å². The van der Waals surface area contributed by atoms with Gasteiger partial charge in [-0.15, -0.1) is 0 Å². The summed E-state index contributed by atoms with van der Waals surface area (Å²) in [5.74, 6) is -4.34. The number of carbonyl (C=O) groups excluding carboxylic acids is 2. The van der Waals surface area contributed by atoms with Crippen molar-refractivity contribution < 1.29 is 35.9 Å². The second-order valence-electron chi connectivity index (χ2n) is 11.2. The maximum atomic E-state index is 14.3. The smallest absolute Gasteiger partial charge is 0.366 e. The van der Waals surface area contributed by atoms with E-state index in [1.807, 2.05) is 0 Å². The van der Waals surface area contributed by atoms with E-state index >= 15 is 0 Å². The first-order valence-corrected chi connectivity index (χ1v) is 14.5. The fourth-order valence-electron chi connectivity index (χ4n) is 5.58. The molecule has 0 bridgehead atoms. The predicted octanol–water partition coefficient (Wildman–Crippen LogP) is 7.30. The summed E-state index contributed by atoms with van der Waals surface area (Å²) in [6.07, 6.45) is -3.56. The van der Waals surface area contributed by atoms with E-state index in [4.69, 9.17) is 5.73 Å². The van der Waals surface area contributed by atoms with Gasteiger partial charge in [-0.05, 0) is 91.4 Å². The molecule has 0 saturated heterocycles. The molecule has 5 aromatic rings. The molecule has 0 aliphatic rings. The number of aromatic nitrogens is 3. The lowest BCUT2D eigenvalue weighted by atomic mass is 9.94. The standard InChI is InChI=1S/C34H29F6N5O2/c1-4-28(45-29-11-18(3)17(2)10-25(29)31(44-45)34(38,39)40)33(47)43-27(14-19-12-21(35)16-22(36)13-19)30-23(6-5-9-42-30)20-7-8-26(37)24(15-20)32(41)46/h5-13,15-16,27-28H,4,14H2,1-3H3,(H2,41,46)(H,43,47)/t27-,28-/m0/s1. The number of carbonyl (C=O) groups is 2. The summed E-state index contributed by atoms with van der Waals surface area (Å²) in [7, 11) is 0. The molecule has 0 unspecified atom stereocenters. The van der Waals surface area contributed by atoms with Crippen LogP contribution in [0.3, 0.4) is 0 Å². The average molecular weight is 654 g/mol. The Bertz CT molecular complexity index is 1990. The van der Waals surface area contributed by atoms with Gasteiger partial charge in [-0.1, -0.05) is 19.1 Å². The molecule has 3 N–H and O–H groups in total. The number of aryl methyl sites for hydroxylation is 2. The van der Waals surface area contributed by atoms with Crippen molar-refractivity contribution in [1.29, 1.82) is 0 Å². The van der Waals surface area contributed by atoms with Crippen LogP contribution in [-0.4, -0.2) is 26.6 Å². The number of nitrogens with zero attached hydrogens (tertiary/aromatic N) is 3. The van der Waals surface area contributed by atoms with Crippen LogP contribution in [0.5, 0.6) is 0 Å². The lowest BCUT2D eigenvalue weighted by Gasteiger charge is -2.25. The number of hydrogen-bond donors (Lipinski definition) is 2. The van der Waals surface area contributed by atoms with Crippen molar-refractivity contribution in [2.75, 3.05) is 0 Å². The lowest BCUT2D eigenvalue weighted by molar-refractivity contribution is -0.141. The summed E-state index contributed by atoms with van der Waals surface area (Å²) >= 11 is 0. The van der Waals surface area contributed by atoms with Gasteiger partial charge in [-0.2, -0.15) is 18.3 Å². The van der Waals surface area contributed by atoms with E-state index in [1.165, 1.54) is 30.5 Å². The Morgan fingerprint density at radius 3 is 2.28 bits per heavy atom. The molecule has 0 aliphatic carbocycles. The molecule has 0 spiro atoms. The van der Waals surface area contributed by atoms with Crippen LogP contribution in [0.1, 0.15) is 63.9 Å². The molecular weight excluding hydrogens is 624 g/mol. The summed E-state index contributed by atoms with van der Waals surface area (Å²) in [6, 6.07) is 10.2. The van der Waals surface area contributed by atoms with Crippen molar-refractivity contribution in [2.45, 2.75) is 51.9 Å². The van der Waals surface area contributed by atoms with Crippen molar-refractivity contribution in [3.63, 3.8) is 0 Å². The summed E-state index contributed by atoms with van der Waals surface area (Å²) < 4.78 is 86.1. The van der Waals surface area contributed by atoms with Gasteiger partial charge in [0.2, 0.25) is 5.91 Å². The average Bonchev–Trinajstić information content (AvgIpc) is 3.35. The summed E-state index contributed by atoms with van der Waals surface area (Å²) in [4.78, 5) is 30.3. The number of primary amides is 1. The van der Waals surface area contributed by atoms with Crippen molar-refractivity contribution in [1.82, 2.24) is 20.1 Å². The van der Waals surface area contributed by atoms with Crippen LogP contribution in [0.15, 0.2) is 66.9 Å². The topological polar surface area (TPSA) is 103 Å². The highest BCUT2D eigenvalue weighted by molar-refractivity contribution is 5.94. The second-order valence-corrected chi connectivity index (χ2v) is 11.2. The van der Waals surface area contributed by atoms with E-state index in [0.29, 0.717) is 28.3 Å². The third-order valence-electron chi connectivity index (χ3n) is 7.96. The maximum Gasteiger partial charge on any atom is 0.435 e. The quantitative estimate of drug-likeness (QED) is 0.163. The summed E-state index contributed by atoms with van der Waals surface area (Å²) in [5.41, 5.74) is 6.19. The van der Waals surface area contributed by atoms with E-state index in [1.54, 1.807) is 32.9 Å². The number of alkyl halides is 3. The van der Waals surface area contributed by atoms with Crippen LogP contribution in [0.2, 0.25) is 0 Å². The number of rotatable bonds is 9. The zero-order valence-electron chi connectivity index (χ0n) is 25.4. The van der Waals surface area contributed by atoms with Gasteiger partial charge in [-0.25, -0.2) is 13.2 Å². The molecular formula is C34H29F6N5O2. The molecule has 2 heterocycles. The van der Waals surface area contributed by atoms with Gasteiger partial charge in [0, 0.05) is 23.2 Å². The number of hydrogen-bond acceptors (Lipinski definition) is 4. The minimum Gasteiger partial charge on any atom is -0.366 e. The van der Waals surface area contributed by atoms with E-state index in [9.17, 15) is 35.9 Å². The number of pyridine rings is 1. The predicted molar refractivity (Wildman–Crippen MR) is 163 cm³/mol. The molecule has 2 amide bonds. The lowest BCUT2D eigenvalue weighted by Crippen LogP contribution is -2.37. The minimum atomic E-state index is -4.80. The monoisotopic (exact) mass is 653 g/mol. The maximum absolute atomic E-state index is 14.3. The Morgan fingerprint density at radius 1 is 0.957 bits per heavy atom. The fraction of sp³-hybridized carbons (Fsp3) is 0.235. The fourth-order valence-corrected chi connectivity index (χ4v) is 5.58. The highest BCUT2D eigenvalue weighted by Gasteiger charge is 2.38. The molecule has 0 fully saturated rings. The first-order valence-electron chi connectivity index (χ1n) is 14.5. The van der Waals surface area contributed by atoms with Gasteiger partial charge in [0.05, 0.1) is 22.8 Å². The van der Waals surface area contributed by atoms with Crippen LogP contribution in [0, 0.1) is 31.3 Å². The van der Waals surface area contributed by atoms with Crippen molar-refractivity contribution in [3.8, 4) is 11.1 Å². The summed E-state index contributed by atoms with van der Waals surface area (Å²) in [6.45, 7) is 5.02. The van der Waals surface area contributed by atoms with E-state index in [0.717, 1.165) is 22.9 Å². The van der Waals surface area contributed by atoms with Gasteiger partial charge in [0.25, 0.3) is 5.91 Å². The highest BCUT2D eigenvalue weighted by atomic mass is 19.4. The molecule has 0 aliphatic heterocycles. The van der Waals surface area contributed by atoms with Gasteiger partial charge < -0.3 is 11.1 Å². The van der Waals surface area contributed by atoms with Crippen LogP contribution >= 0.6 is 0 Å². The third-order valence-corrected chi connectivity index (χ3v) is 7.96. The highest BCUT2D eigenvalue weighted by Crippen LogP contribution is 2.37. The molecule has 0 radical (unpaired) electrons. The van der Waals surface area contributed by atoms with Crippen molar-refractivity contribution in [2.24, 2.45) is 5.73 Å². The van der Waals surface area contributed by atoms with E-state index < -0.39 is 58.8 Å². The minimum absolute atomic E-state index is 0.0309.